The van der Waals surface area contributed by atoms with Crippen molar-refractivity contribution >= 4 is 11.6 Å². The van der Waals surface area contributed by atoms with Crippen LogP contribution in [0.5, 0.6) is 5.75 Å². The SMILES string of the molecule is O=C(Nc1cccc(OC(F)(F)F)c1)C1CC2CCC1C2. The molecule has 0 saturated heterocycles. The van der Waals surface area contributed by atoms with E-state index in [1.165, 1.54) is 24.6 Å². The first-order valence-corrected chi connectivity index (χ1v) is 7.07. The fourth-order valence-corrected chi connectivity index (χ4v) is 3.57. The van der Waals surface area contributed by atoms with Crippen LogP contribution in [0.2, 0.25) is 0 Å². The molecule has 1 N–H and O–H groups in total. The van der Waals surface area contributed by atoms with Gasteiger partial charge in [0.15, 0.2) is 0 Å². The van der Waals surface area contributed by atoms with Gasteiger partial charge in [-0.1, -0.05) is 12.5 Å². The van der Waals surface area contributed by atoms with Crippen molar-refractivity contribution in [3.8, 4) is 5.75 Å². The summed E-state index contributed by atoms with van der Waals surface area (Å²) in [4.78, 5) is 12.2. The van der Waals surface area contributed by atoms with Crippen LogP contribution >= 0.6 is 0 Å². The molecule has 2 aliphatic carbocycles. The minimum absolute atomic E-state index is 0.00376. The number of alkyl halides is 3. The highest BCUT2D eigenvalue weighted by Gasteiger charge is 2.43. The Morgan fingerprint density at radius 3 is 2.67 bits per heavy atom. The first kappa shape index (κ1) is 14.2. The molecule has 0 heterocycles. The van der Waals surface area contributed by atoms with Gasteiger partial charge in [0.1, 0.15) is 5.75 Å². The third kappa shape index (κ3) is 3.31. The fourth-order valence-electron chi connectivity index (χ4n) is 3.57. The van der Waals surface area contributed by atoms with Gasteiger partial charge < -0.3 is 10.1 Å². The molecule has 1 aromatic rings. The zero-order chi connectivity index (χ0) is 15.0. The molecule has 3 unspecified atom stereocenters. The minimum Gasteiger partial charge on any atom is -0.406 e. The topological polar surface area (TPSA) is 38.3 Å². The van der Waals surface area contributed by atoms with Gasteiger partial charge in [0.2, 0.25) is 5.91 Å². The Morgan fingerprint density at radius 1 is 1.24 bits per heavy atom. The highest BCUT2D eigenvalue weighted by molar-refractivity contribution is 5.93. The van der Waals surface area contributed by atoms with Gasteiger partial charge in [-0.15, -0.1) is 13.2 Å². The number of ether oxygens (including phenoxy) is 1. The minimum atomic E-state index is -4.73. The Bertz CT molecular complexity index is 544. The lowest BCUT2D eigenvalue weighted by molar-refractivity contribution is -0.274. The van der Waals surface area contributed by atoms with E-state index in [1.54, 1.807) is 6.07 Å². The first-order valence-electron chi connectivity index (χ1n) is 7.07. The Hall–Kier alpha value is -1.72. The van der Waals surface area contributed by atoms with Crippen LogP contribution in [0.15, 0.2) is 24.3 Å². The van der Waals surface area contributed by atoms with Gasteiger partial charge in [-0.25, -0.2) is 0 Å². The van der Waals surface area contributed by atoms with E-state index in [9.17, 15) is 18.0 Å². The van der Waals surface area contributed by atoms with Crippen LogP contribution in [0.4, 0.5) is 18.9 Å². The summed E-state index contributed by atoms with van der Waals surface area (Å²) in [6.45, 7) is 0. The number of anilines is 1. The van der Waals surface area contributed by atoms with Crippen LogP contribution in [0.1, 0.15) is 25.7 Å². The number of carbonyl (C=O) groups excluding carboxylic acids is 1. The summed E-state index contributed by atoms with van der Waals surface area (Å²) in [6.07, 6.45) is -0.443. The molecule has 21 heavy (non-hydrogen) atoms. The average Bonchev–Trinajstić information content (AvgIpc) is 2.99. The van der Waals surface area contributed by atoms with Crippen molar-refractivity contribution in [2.75, 3.05) is 5.32 Å². The monoisotopic (exact) mass is 299 g/mol. The van der Waals surface area contributed by atoms with Crippen LogP contribution in [0.3, 0.4) is 0 Å². The number of benzene rings is 1. The number of carbonyl (C=O) groups is 1. The third-order valence-corrected chi connectivity index (χ3v) is 4.41. The Labute approximate surface area is 120 Å². The van der Waals surface area contributed by atoms with Crippen molar-refractivity contribution < 1.29 is 22.7 Å². The largest absolute Gasteiger partial charge is 0.573 e. The van der Waals surface area contributed by atoms with Crippen molar-refractivity contribution in [2.24, 2.45) is 17.8 Å². The van der Waals surface area contributed by atoms with E-state index in [4.69, 9.17) is 0 Å². The lowest BCUT2D eigenvalue weighted by Gasteiger charge is -2.21. The number of halogens is 3. The molecule has 3 atom stereocenters. The molecule has 0 radical (unpaired) electrons. The van der Waals surface area contributed by atoms with E-state index in [1.807, 2.05) is 0 Å². The van der Waals surface area contributed by atoms with Gasteiger partial charge in [-0.3, -0.25) is 4.79 Å². The summed E-state index contributed by atoms with van der Waals surface area (Å²) in [5.74, 6) is 0.658. The number of hydrogen-bond donors (Lipinski definition) is 1. The van der Waals surface area contributed by atoms with Gasteiger partial charge in [0, 0.05) is 17.7 Å². The molecule has 3 nitrogen and oxygen atoms in total. The summed E-state index contributed by atoms with van der Waals surface area (Å²) in [5, 5.41) is 2.71. The van der Waals surface area contributed by atoms with E-state index in [2.05, 4.69) is 10.1 Å². The number of fused-ring (bicyclic) bond motifs is 2. The second-order valence-electron chi connectivity index (χ2n) is 5.85. The van der Waals surface area contributed by atoms with Gasteiger partial charge in [0.25, 0.3) is 0 Å². The maximum Gasteiger partial charge on any atom is 0.573 e. The van der Waals surface area contributed by atoms with Crippen LogP contribution in [0.25, 0.3) is 0 Å². The van der Waals surface area contributed by atoms with Crippen LogP contribution in [0, 0.1) is 17.8 Å². The fraction of sp³-hybridized carbons (Fsp3) is 0.533. The Kier molecular flexibility index (Phi) is 3.55. The lowest BCUT2D eigenvalue weighted by Crippen LogP contribution is -2.27. The van der Waals surface area contributed by atoms with Gasteiger partial charge in [-0.2, -0.15) is 0 Å². The first-order chi connectivity index (χ1) is 9.90. The van der Waals surface area contributed by atoms with Gasteiger partial charge >= 0.3 is 6.36 Å². The maximum absolute atomic E-state index is 12.2. The highest BCUT2D eigenvalue weighted by Crippen LogP contribution is 2.48. The van der Waals surface area contributed by atoms with Crippen molar-refractivity contribution in [1.29, 1.82) is 0 Å². The quantitative estimate of drug-likeness (QED) is 0.917. The summed E-state index contributed by atoms with van der Waals surface area (Å²) in [7, 11) is 0. The normalized spacial score (nSPS) is 27.7. The molecule has 114 valence electrons. The molecule has 2 aliphatic rings. The average molecular weight is 299 g/mol. The molecule has 2 saturated carbocycles. The molecule has 3 rings (SSSR count). The highest BCUT2D eigenvalue weighted by atomic mass is 19.4. The van der Waals surface area contributed by atoms with E-state index < -0.39 is 6.36 Å². The van der Waals surface area contributed by atoms with Crippen molar-refractivity contribution in [3.05, 3.63) is 24.3 Å². The predicted molar refractivity (Wildman–Crippen MR) is 70.7 cm³/mol. The molecule has 1 amide bonds. The third-order valence-electron chi connectivity index (χ3n) is 4.41. The predicted octanol–water partition coefficient (Wildman–Crippen LogP) is 3.96. The van der Waals surface area contributed by atoms with Crippen molar-refractivity contribution in [1.82, 2.24) is 0 Å². The summed E-state index contributed by atoms with van der Waals surface area (Å²) < 4.78 is 40.4. The number of amides is 1. The maximum atomic E-state index is 12.2. The second kappa shape index (κ2) is 5.24. The lowest BCUT2D eigenvalue weighted by atomic mass is 9.88. The van der Waals surface area contributed by atoms with E-state index in [0.29, 0.717) is 17.5 Å². The van der Waals surface area contributed by atoms with Crippen LogP contribution < -0.4 is 10.1 Å². The summed E-state index contributed by atoms with van der Waals surface area (Å²) >= 11 is 0. The Morgan fingerprint density at radius 2 is 2.05 bits per heavy atom. The number of rotatable bonds is 3. The van der Waals surface area contributed by atoms with Crippen LogP contribution in [-0.2, 0) is 4.79 Å². The number of hydrogen-bond acceptors (Lipinski definition) is 2. The number of nitrogens with one attached hydrogen (secondary N) is 1. The Balaban J connectivity index is 1.65. The molecule has 0 aromatic heterocycles. The van der Waals surface area contributed by atoms with Gasteiger partial charge in [-0.05, 0) is 43.2 Å². The zero-order valence-corrected chi connectivity index (χ0v) is 11.3. The van der Waals surface area contributed by atoms with Gasteiger partial charge in [0.05, 0.1) is 0 Å². The standard InChI is InChI=1S/C15H16F3NO2/c16-15(17,18)21-12-3-1-2-11(8-12)19-14(20)13-7-9-4-5-10(13)6-9/h1-3,8-10,13H,4-7H2,(H,19,20). The summed E-state index contributed by atoms with van der Waals surface area (Å²) in [6, 6.07) is 5.39. The second-order valence-corrected chi connectivity index (χ2v) is 5.85. The smallest absolute Gasteiger partial charge is 0.406 e. The molecular formula is C15H16F3NO2. The molecule has 0 spiro atoms. The zero-order valence-electron chi connectivity index (χ0n) is 11.3. The van der Waals surface area contributed by atoms with Crippen molar-refractivity contribution in [2.45, 2.75) is 32.0 Å². The molecule has 6 heteroatoms. The summed E-state index contributed by atoms with van der Waals surface area (Å²) in [5.41, 5.74) is 0.338. The molecule has 0 aliphatic heterocycles. The molecular weight excluding hydrogens is 283 g/mol. The molecule has 2 fully saturated rings. The molecule has 1 aromatic carbocycles. The van der Waals surface area contributed by atoms with Crippen molar-refractivity contribution in [3.63, 3.8) is 0 Å². The van der Waals surface area contributed by atoms with E-state index in [0.717, 1.165) is 19.3 Å². The van der Waals surface area contributed by atoms with E-state index in [-0.39, 0.29) is 17.6 Å². The van der Waals surface area contributed by atoms with E-state index >= 15 is 0 Å². The van der Waals surface area contributed by atoms with Crippen LogP contribution in [-0.4, -0.2) is 12.3 Å². The molecule has 2 bridgehead atoms.